The van der Waals surface area contributed by atoms with Gasteiger partial charge in [0.1, 0.15) is 0 Å². The fourth-order valence-electron chi connectivity index (χ4n) is 1.05. The van der Waals surface area contributed by atoms with E-state index in [1.54, 1.807) is 0 Å². The molecule has 0 aliphatic rings. The molecule has 0 saturated heterocycles. The van der Waals surface area contributed by atoms with E-state index in [4.69, 9.17) is 0 Å². The van der Waals surface area contributed by atoms with Gasteiger partial charge in [-0.25, -0.2) is 14.7 Å². The molecule has 0 unspecified atom stereocenters. The zero-order valence-electron chi connectivity index (χ0n) is 7.61. The number of methoxy groups -OCH3 is 1. The third-order valence-electron chi connectivity index (χ3n) is 1.75. The molecule has 1 aromatic rings. The van der Waals surface area contributed by atoms with Crippen LogP contribution in [0.3, 0.4) is 0 Å². The molecule has 0 amide bonds. The molecule has 0 saturated carbocycles. The molecule has 0 heterocycles. The summed E-state index contributed by atoms with van der Waals surface area (Å²) in [6.45, 7) is -0.782. The fourth-order valence-corrected chi connectivity index (χ4v) is 1.05. The molecule has 0 aliphatic carbocycles. The third kappa shape index (κ3) is 1.88. The average molecular weight is 225 g/mol. The number of rotatable bonds is 3. The van der Waals surface area contributed by atoms with Gasteiger partial charge in [0.2, 0.25) is 11.6 Å². The highest BCUT2D eigenvalue weighted by molar-refractivity contribution is 5.34. The van der Waals surface area contributed by atoms with Crippen molar-refractivity contribution in [3.8, 4) is 5.75 Å². The van der Waals surface area contributed by atoms with E-state index in [0.717, 1.165) is 7.11 Å². The van der Waals surface area contributed by atoms with Crippen LogP contribution in [0.25, 0.3) is 0 Å². The summed E-state index contributed by atoms with van der Waals surface area (Å²) < 4.78 is 56.4. The van der Waals surface area contributed by atoms with Crippen LogP contribution in [0.4, 0.5) is 17.6 Å². The van der Waals surface area contributed by atoms with Crippen LogP contribution in [-0.2, 0) is 11.4 Å². The highest BCUT2D eigenvalue weighted by atomic mass is 19.2. The predicted molar refractivity (Wildman–Crippen MR) is 41.8 cm³/mol. The van der Waals surface area contributed by atoms with Gasteiger partial charge in [-0.05, 0) is 0 Å². The van der Waals surface area contributed by atoms with Crippen molar-refractivity contribution in [2.45, 2.75) is 6.61 Å². The number of ether oxygens (including phenoxy) is 1. The molecule has 2 N–H and O–H groups in total. The van der Waals surface area contributed by atoms with Crippen molar-refractivity contribution < 1.29 is 27.1 Å². The van der Waals surface area contributed by atoms with Crippen LogP contribution < -0.4 is 10.6 Å². The average Bonchev–Trinajstić information content (AvgIpc) is 2.23. The van der Waals surface area contributed by atoms with E-state index in [2.05, 4.69) is 15.5 Å². The molecule has 1 rings (SSSR count). The Labute approximate surface area is 82.3 Å². The molecule has 3 nitrogen and oxygen atoms in total. The van der Waals surface area contributed by atoms with Crippen molar-refractivity contribution in [2.24, 2.45) is 5.90 Å². The maximum absolute atomic E-state index is 13.1. The minimum Gasteiger partial charge on any atom is -0.491 e. The molecule has 0 spiro atoms. The van der Waals surface area contributed by atoms with Crippen molar-refractivity contribution in [1.82, 2.24) is 0 Å². The number of benzene rings is 1. The van der Waals surface area contributed by atoms with Crippen LogP contribution in [0.1, 0.15) is 5.56 Å². The number of hydrogen-bond donors (Lipinski definition) is 1. The van der Waals surface area contributed by atoms with Gasteiger partial charge >= 0.3 is 0 Å². The second kappa shape index (κ2) is 4.45. The van der Waals surface area contributed by atoms with Crippen molar-refractivity contribution in [2.75, 3.05) is 7.11 Å². The Morgan fingerprint density at radius 2 is 1.47 bits per heavy atom. The topological polar surface area (TPSA) is 44.5 Å². The summed E-state index contributed by atoms with van der Waals surface area (Å²) in [7, 11) is 0.888. The Morgan fingerprint density at radius 3 is 1.80 bits per heavy atom. The number of halogens is 4. The molecule has 0 aliphatic heterocycles. The molecule has 0 atom stereocenters. The summed E-state index contributed by atoms with van der Waals surface area (Å²) >= 11 is 0. The van der Waals surface area contributed by atoms with E-state index < -0.39 is 41.2 Å². The van der Waals surface area contributed by atoms with Gasteiger partial charge in [-0.1, -0.05) is 0 Å². The quantitative estimate of drug-likeness (QED) is 0.483. The summed E-state index contributed by atoms with van der Waals surface area (Å²) in [5, 5.41) is 0. The van der Waals surface area contributed by atoms with E-state index >= 15 is 0 Å². The number of hydrogen-bond acceptors (Lipinski definition) is 3. The minimum absolute atomic E-state index is 0.782. The van der Waals surface area contributed by atoms with E-state index in [1.807, 2.05) is 0 Å². The van der Waals surface area contributed by atoms with Crippen LogP contribution in [0.2, 0.25) is 0 Å². The molecule has 0 bridgehead atoms. The van der Waals surface area contributed by atoms with E-state index in [0.29, 0.717) is 0 Å². The van der Waals surface area contributed by atoms with Gasteiger partial charge in [-0.3, -0.25) is 4.84 Å². The monoisotopic (exact) mass is 225 g/mol. The molecule has 15 heavy (non-hydrogen) atoms. The van der Waals surface area contributed by atoms with Crippen molar-refractivity contribution in [1.29, 1.82) is 0 Å². The van der Waals surface area contributed by atoms with Crippen LogP contribution >= 0.6 is 0 Å². The summed E-state index contributed by atoms with van der Waals surface area (Å²) in [6, 6.07) is 0. The second-order valence-electron chi connectivity index (χ2n) is 2.58. The summed E-state index contributed by atoms with van der Waals surface area (Å²) in [6.07, 6.45) is 0. The first-order valence-electron chi connectivity index (χ1n) is 3.75. The largest absolute Gasteiger partial charge is 0.491 e. The lowest BCUT2D eigenvalue weighted by Crippen LogP contribution is -2.09. The zero-order chi connectivity index (χ0) is 11.6. The summed E-state index contributed by atoms with van der Waals surface area (Å²) in [5.41, 5.74) is -0.923. The van der Waals surface area contributed by atoms with Gasteiger partial charge in [0.15, 0.2) is 17.4 Å². The van der Waals surface area contributed by atoms with E-state index in [-0.39, 0.29) is 0 Å². The smallest absolute Gasteiger partial charge is 0.204 e. The molecule has 0 fully saturated rings. The zero-order valence-corrected chi connectivity index (χ0v) is 7.61. The van der Waals surface area contributed by atoms with E-state index in [1.165, 1.54) is 0 Å². The summed E-state index contributed by atoms with van der Waals surface area (Å²) in [5.74, 6) is -2.98. The Bertz CT molecular complexity index is 354. The molecule has 7 heteroatoms. The minimum atomic E-state index is -1.62. The molecular formula is C8H7F4NO2. The van der Waals surface area contributed by atoms with Crippen LogP contribution in [0.15, 0.2) is 0 Å². The van der Waals surface area contributed by atoms with Crippen molar-refractivity contribution in [3.63, 3.8) is 0 Å². The highest BCUT2D eigenvalue weighted by Gasteiger charge is 2.25. The molecule has 0 radical (unpaired) electrons. The second-order valence-corrected chi connectivity index (χ2v) is 2.58. The molecule has 1 aromatic carbocycles. The van der Waals surface area contributed by atoms with Crippen molar-refractivity contribution in [3.05, 3.63) is 28.8 Å². The predicted octanol–water partition coefficient (Wildman–Crippen LogP) is 1.64. The first-order valence-corrected chi connectivity index (χ1v) is 3.75. The van der Waals surface area contributed by atoms with Crippen LogP contribution in [0.5, 0.6) is 5.75 Å². The van der Waals surface area contributed by atoms with Gasteiger partial charge in [0, 0.05) is 0 Å². The lowest BCUT2D eigenvalue weighted by molar-refractivity contribution is 0.117. The van der Waals surface area contributed by atoms with Gasteiger partial charge in [0.05, 0.1) is 19.3 Å². The molecule has 84 valence electrons. The molecule has 0 aromatic heterocycles. The lowest BCUT2D eigenvalue weighted by atomic mass is 10.1. The maximum Gasteiger partial charge on any atom is 0.204 e. The maximum atomic E-state index is 13.1. The fraction of sp³-hybridized carbons (Fsp3) is 0.250. The van der Waals surface area contributed by atoms with Gasteiger partial charge in [-0.15, -0.1) is 0 Å². The third-order valence-corrected chi connectivity index (χ3v) is 1.75. The van der Waals surface area contributed by atoms with Gasteiger partial charge in [0.25, 0.3) is 0 Å². The SMILES string of the molecule is COc1c(F)c(F)c(CON)c(F)c1F. The van der Waals surface area contributed by atoms with Gasteiger partial charge < -0.3 is 4.74 Å². The van der Waals surface area contributed by atoms with Crippen molar-refractivity contribution >= 4 is 0 Å². The first kappa shape index (κ1) is 11.7. The number of nitrogens with two attached hydrogens (primary N) is 1. The van der Waals surface area contributed by atoms with Gasteiger partial charge in [-0.2, -0.15) is 8.78 Å². The Balaban J connectivity index is 3.44. The Hall–Kier alpha value is -1.34. The lowest BCUT2D eigenvalue weighted by Gasteiger charge is -2.09. The molecular weight excluding hydrogens is 218 g/mol. The Morgan fingerprint density at radius 1 is 1.00 bits per heavy atom. The first-order chi connectivity index (χ1) is 7.04. The standard InChI is InChI=1S/C8H7F4NO2/c1-14-8-6(11)4(9)3(2-15-13)5(10)7(8)12/h2,13H2,1H3. The van der Waals surface area contributed by atoms with Crippen LogP contribution in [0, 0.1) is 23.3 Å². The van der Waals surface area contributed by atoms with Crippen LogP contribution in [-0.4, -0.2) is 7.11 Å². The summed E-state index contributed by atoms with van der Waals surface area (Å²) in [4.78, 5) is 3.92. The Kier molecular flexibility index (Phi) is 3.48. The highest BCUT2D eigenvalue weighted by Crippen LogP contribution is 2.29. The van der Waals surface area contributed by atoms with E-state index in [9.17, 15) is 17.6 Å². The normalized spacial score (nSPS) is 10.5.